The molecular weight excluding hydrogens is 557 g/mol. The molecular formula is C29H28F5N7O. The Hall–Kier alpha value is -4.44. The van der Waals surface area contributed by atoms with Crippen molar-refractivity contribution in [1.82, 2.24) is 14.9 Å². The number of nitrogens with zero attached hydrogens (tertiary/aromatic N) is 5. The summed E-state index contributed by atoms with van der Waals surface area (Å²) < 4.78 is 70.4. The van der Waals surface area contributed by atoms with Crippen molar-refractivity contribution >= 4 is 28.8 Å². The molecule has 1 amide bonds. The summed E-state index contributed by atoms with van der Waals surface area (Å²) in [5.74, 6) is -2.23. The molecule has 8 nitrogen and oxygen atoms in total. The van der Waals surface area contributed by atoms with Crippen molar-refractivity contribution in [3.05, 3.63) is 76.6 Å². The van der Waals surface area contributed by atoms with Crippen molar-refractivity contribution < 1.29 is 26.7 Å². The van der Waals surface area contributed by atoms with Crippen LogP contribution in [-0.4, -0.2) is 66.6 Å². The number of piperazine rings is 1. The minimum Gasteiger partial charge on any atom is -0.367 e. The average Bonchev–Trinajstić information content (AvgIpc) is 3.44. The number of alkyl halides is 3. The second kappa shape index (κ2) is 11.4. The Morgan fingerprint density at radius 3 is 2.57 bits per heavy atom. The number of halogens is 5. The first-order chi connectivity index (χ1) is 19.9. The SMILES string of the molecule is CC1CN(c2cc(F)c(C3=CCN(c4ncc(C#N)[nH]4)CC3)cc2NC(=O)c2ccc(F)cc2C(F)(F)F)CCN1C. The smallest absolute Gasteiger partial charge is 0.367 e. The minimum atomic E-state index is -4.96. The van der Waals surface area contributed by atoms with Crippen LogP contribution in [0.15, 0.2) is 42.6 Å². The molecule has 13 heteroatoms. The number of nitrogens with one attached hydrogen (secondary N) is 2. The van der Waals surface area contributed by atoms with Crippen LogP contribution in [0.5, 0.6) is 0 Å². The molecule has 1 fully saturated rings. The van der Waals surface area contributed by atoms with E-state index in [-0.39, 0.29) is 23.4 Å². The number of hydrogen-bond donors (Lipinski definition) is 2. The first-order valence-corrected chi connectivity index (χ1v) is 13.3. The molecule has 220 valence electrons. The van der Waals surface area contributed by atoms with Gasteiger partial charge in [0.05, 0.1) is 28.7 Å². The van der Waals surface area contributed by atoms with Crippen LogP contribution in [-0.2, 0) is 6.18 Å². The van der Waals surface area contributed by atoms with Gasteiger partial charge in [0.15, 0.2) is 0 Å². The Bertz CT molecular complexity index is 1580. The molecule has 3 aromatic rings. The van der Waals surface area contributed by atoms with Crippen LogP contribution in [0, 0.1) is 23.0 Å². The zero-order chi connectivity index (χ0) is 30.2. The maximum atomic E-state index is 15.7. The number of aromatic nitrogens is 2. The monoisotopic (exact) mass is 585 g/mol. The Labute approximate surface area is 239 Å². The van der Waals surface area contributed by atoms with E-state index in [1.165, 1.54) is 18.3 Å². The topological polar surface area (TPSA) is 91.3 Å². The van der Waals surface area contributed by atoms with E-state index < -0.39 is 34.8 Å². The maximum Gasteiger partial charge on any atom is 0.417 e. The lowest BCUT2D eigenvalue weighted by Gasteiger charge is -2.40. The van der Waals surface area contributed by atoms with E-state index in [4.69, 9.17) is 5.26 Å². The number of likely N-dealkylation sites (N-methyl/N-ethyl adjacent to an activating group) is 1. The van der Waals surface area contributed by atoms with E-state index in [0.717, 1.165) is 12.1 Å². The van der Waals surface area contributed by atoms with E-state index in [2.05, 4.69) is 20.2 Å². The largest absolute Gasteiger partial charge is 0.417 e. The molecule has 0 spiro atoms. The van der Waals surface area contributed by atoms with Gasteiger partial charge < -0.3 is 25.0 Å². The van der Waals surface area contributed by atoms with Crippen molar-refractivity contribution in [1.29, 1.82) is 5.26 Å². The van der Waals surface area contributed by atoms with Gasteiger partial charge in [-0.25, -0.2) is 13.8 Å². The van der Waals surface area contributed by atoms with Crippen LogP contribution in [0.25, 0.3) is 5.57 Å². The fraction of sp³-hybridized carbons (Fsp3) is 0.345. The molecule has 2 aliphatic heterocycles. The van der Waals surface area contributed by atoms with Gasteiger partial charge in [0.1, 0.15) is 23.4 Å². The molecule has 1 unspecified atom stereocenters. The van der Waals surface area contributed by atoms with Gasteiger partial charge in [-0.3, -0.25) is 4.79 Å². The number of nitriles is 1. The highest BCUT2D eigenvalue weighted by atomic mass is 19.4. The Balaban J connectivity index is 1.50. The van der Waals surface area contributed by atoms with E-state index >= 15 is 4.39 Å². The van der Waals surface area contributed by atoms with Crippen molar-refractivity contribution in [3.63, 3.8) is 0 Å². The molecule has 1 saturated heterocycles. The number of aromatic amines is 1. The molecule has 2 aromatic carbocycles. The van der Waals surface area contributed by atoms with Gasteiger partial charge in [0, 0.05) is 44.3 Å². The van der Waals surface area contributed by atoms with Crippen LogP contribution < -0.4 is 15.1 Å². The van der Waals surface area contributed by atoms with Gasteiger partial charge in [0.25, 0.3) is 5.91 Å². The molecule has 2 aliphatic rings. The molecule has 5 rings (SSSR count). The molecule has 0 radical (unpaired) electrons. The summed E-state index contributed by atoms with van der Waals surface area (Å²) in [5, 5.41) is 11.6. The number of rotatable bonds is 5. The first-order valence-electron chi connectivity index (χ1n) is 13.3. The van der Waals surface area contributed by atoms with Gasteiger partial charge in [0.2, 0.25) is 5.95 Å². The van der Waals surface area contributed by atoms with Gasteiger partial charge in [-0.15, -0.1) is 0 Å². The molecule has 0 saturated carbocycles. The number of benzene rings is 2. The highest BCUT2D eigenvalue weighted by Gasteiger charge is 2.36. The maximum absolute atomic E-state index is 15.7. The fourth-order valence-electron chi connectivity index (χ4n) is 5.21. The van der Waals surface area contributed by atoms with Crippen LogP contribution in [0.4, 0.5) is 39.3 Å². The summed E-state index contributed by atoms with van der Waals surface area (Å²) in [4.78, 5) is 26.2. The summed E-state index contributed by atoms with van der Waals surface area (Å²) >= 11 is 0. The van der Waals surface area contributed by atoms with E-state index in [1.807, 2.05) is 29.8 Å². The van der Waals surface area contributed by atoms with Crippen molar-refractivity contribution in [2.45, 2.75) is 25.6 Å². The Kier molecular flexibility index (Phi) is 7.92. The lowest BCUT2D eigenvalue weighted by atomic mass is 9.97. The van der Waals surface area contributed by atoms with Crippen LogP contribution in [0.1, 0.15) is 40.5 Å². The Morgan fingerprint density at radius 1 is 1.14 bits per heavy atom. The van der Waals surface area contributed by atoms with Crippen LogP contribution in [0.2, 0.25) is 0 Å². The summed E-state index contributed by atoms with van der Waals surface area (Å²) in [7, 11) is 1.96. The molecule has 2 N–H and O–H groups in total. The predicted molar refractivity (Wildman–Crippen MR) is 148 cm³/mol. The third-order valence-electron chi connectivity index (χ3n) is 7.70. The van der Waals surface area contributed by atoms with Crippen molar-refractivity contribution in [2.75, 3.05) is 54.9 Å². The molecule has 3 heterocycles. The molecule has 1 aromatic heterocycles. The summed E-state index contributed by atoms with van der Waals surface area (Å²) in [6, 6.07) is 6.71. The second-order valence-electron chi connectivity index (χ2n) is 10.4. The lowest BCUT2D eigenvalue weighted by Crippen LogP contribution is -2.50. The van der Waals surface area contributed by atoms with Crippen molar-refractivity contribution in [3.8, 4) is 6.07 Å². The number of anilines is 3. The zero-order valence-corrected chi connectivity index (χ0v) is 22.9. The van der Waals surface area contributed by atoms with Gasteiger partial charge in [-0.2, -0.15) is 18.4 Å². The normalized spacial score (nSPS) is 18.0. The summed E-state index contributed by atoms with van der Waals surface area (Å²) in [6.45, 7) is 4.52. The quantitative estimate of drug-likeness (QED) is 0.397. The van der Waals surface area contributed by atoms with Crippen LogP contribution in [0.3, 0.4) is 0 Å². The standard InChI is InChI=1S/C29H28F5N7O/c1-17-16-41(10-9-39(17)2)26-13-24(31)22(18-5-7-40(8-6-18)28-36-15-20(14-35)37-28)12-25(26)38-27(42)21-4-3-19(30)11-23(21)29(32,33)34/h3-5,11-13,15,17H,6-10,16H2,1-2H3,(H,36,37)(H,38,42). The highest BCUT2D eigenvalue weighted by molar-refractivity contribution is 6.07. The number of carbonyl (C=O) groups excluding carboxylic acids is 1. The number of amides is 1. The minimum absolute atomic E-state index is 0.106. The molecule has 1 atom stereocenters. The average molecular weight is 586 g/mol. The van der Waals surface area contributed by atoms with E-state index in [0.29, 0.717) is 62.0 Å². The van der Waals surface area contributed by atoms with Crippen molar-refractivity contribution in [2.24, 2.45) is 0 Å². The number of carbonyl (C=O) groups is 1. The second-order valence-corrected chi connectivity index (χ2v) is 10.4. The molecule has 0 bridgehead atoms. The third-order valence-corrected chi connectivity index (χ3v) is 7.70. The predicted octanol–water partition coefficient (Wildman–Crippen LogP) is 5.26. The molecule has 42 heavy (non-hydrogen) atoms. The molecule has 0 aliphatic carbocycles. The Morgan fingerprint density at radius 2 is 1.93 bits per heavy atom. The number of imidazole rings is 1. The third kappa shape index (κ3) is 5.94. The fourth-order valence-corrected chi connectivity index (χ4v) is 5.21. The zero-order valence-electron chi connectivity index (χ0n) is 22.9. The van der Waals surface area contributed by atoms with E-state index in [1.54, 1.807) is 6.08 Å². The summed E-state index contributed by atoms with van der Waals surface area (Å²) in [6.07, 6.45) is -1.32. The number of H-pyrrole nitrogens is 1. The highest BCUT2D eigenvalue weighted by Crippen LogP contribution is 2.37. The summed E-state index contributed by atoms with van der Waals surface area (Å²) in [5.41, 5.74) is -0.461. The van der Waals surface area contributed by atoms with Gasteiger partial charge in [-0.1, -0.05) is 6.08 Å². The van der Waals surface area contributed by atoms with E-state index in [9.17, 15) is 22.4 Å². The lowest BCUT2D eigenvalue weighted by molar-refractivity contribution is -0.138. The first kappa shape index (κ1) is 29.1. The number of hydrogen-bond acceptors (Lipinski definition) is 6. The van der Waals surface area contributed by atoms with Gasteiger partial charge >= 0.3 is 6.18 Å². The van der Waals surface area contributed by atoms with Crippen LogP contribution >= 0.6 is 0 Å². The van der Waals surface area contributed by atoms with Gasteiger partial charge in [-0.05, 0) is 56.3 Å².